The SMILES string of the molecule is [2H]C([2H])([2H])N1c2cc(C(C)(C)C)ccc2N(C(C)(C)C)C1C. The first-order chi connectivity index (χ1) is 9.74. The molecule has 0 spiro atoms. The monoisotopic (exact) mass is 263 g/mol. The number of fused-ring (bicyclic) bond motifs is 1. The molecule has 0 bridgehead atoms. The highest BCUT2D eigenvalue weighted by atomic mass is 15.4. The van der Waals surface area contributed by atoms with E-state index in [1.807, 2.05) is 13.0 Å². The fraction of sp³-hybridized carbons (Fsp3) is 0.647. The maximum absolute atomic E-state index is 7.94. The normalized spacial score (nSPS) is 22.9. The molecule has 0 saturated heterocycles. The second kappa shape index (κ2) is 4.16. The van der Waals surface area contributed by atoms with Crippen molar-refractivity contribution in [1.29, 1.82) is 0 Å². The molecule has 1 heterocycles. The van der Waals surface area contributed by atoms with E-state index in [-0.39, 0.29) is 17.1 Å². The van der Waals surface area contributed by atoms with Crippen molar-refractivity contribution in [3.05, 3.63) is 23.8 Å². The molecule has 1 aromatic rings. The second-order valence-corrected chi connectivity index (χ2v) is 7.50. The van der Waals surface area contributed by atoms with Crippen LogP contribution in [0.4, 0.5) is 11.4 Å². The lowest BCUT2D eigenvalue weighted by molar-refractivity contribution is 0.464. The molecule has 0 amide bonds. The fourth-order valence-corrected chi connectivity index (χ4v) is 2.83. The summed E-state index contributed by atoms with van der Waals surface area (Å²) in [5, 5.41) is 0. The van der Waals surface area contributed by atoms with Crippen LogP contribution < -0.4 is 9.80 Å². The first-order valence-corrected chi connectivity index (χ1v) is 6.98. The van der Waals surface area contributed by atoms with Crippen molar-refractivity contribution in [3.63, 3.8) is 0 Å². The average Bonchev–Trinajstić information content (AvgIpc) is 2.56. The van der Waals surface area contributed by atoms with E-state index in [0.29, 0.717) is 0 Å². The van der Waals surface area contributed by atoms with E-state index in [2.05, 4.69) is 58.6 Å². The van der Waals surface area contributed by atoms with Crippen molar-refractivity contribution in [2.45, 2.75) is 65.6 Å². The average molecular weight is 263 g/mol. The van der Waals surface area contributed by atoms with Crippen LogP contribution in [0.15, 0.2) is 18.2 Å². The highest BCUT2D eigenvalue weighted by Gasteiger charge is 2.37. The lowest BCUT2D eigenvalue weighted by atomic mass is 9.86. The summed E-state index contributed by atoms with van der Waals surface area (Å²) >= 11 is 0. The Labute approximate surface area is 122 Å². The molecule has 2 rings (SSSR count). The first-order valence-electron chi connectivity index (χ1n) is 8.48. The van der Waals surface area contributed by atoms with Crippen molar-refractivity contribution in [1.82, 2.24) is 0 Å². The molecule has 0 radical (unpaired) electrons. The van der Waals surface area contributed by atoms with Crippen molar-refractivity contribution in [2.24, 2.45) is 0 Å². The summed E-state index contributed by atoms with van der Waals surface area (Å²) in [7, 11) is 0. The van der Waals surface area contributed by atoms with Crippen LogP contribution in [0.2, 0.25) is 0 Å². The largest absolute Gasteiger partial charge is 0.353 e. The summed E-state index contributed by atoms with van der Waals surface area (Å²) in [5.74, 6) is 0. The van der Waals surface area contributed by atoms with E-state index in [1.165, 1.54) is 0 Å². The van der Waals surface area contributed by atoms with Gasteiger partial charge in [0.25, 0.3) is 0 Å². The van der Waals surface area contributed by atoms with E-state index < -0.39 is 6.98 Å². The molecule has 1 atom stereocenters. The predicted octanol–water partition coefficient (Wildman–Crippen LogP) is 4.38. The second-order valence-electron chi connectivity index (χ2n) is 7.50. The van der Waals surface area contributed by atoms with Crippen molar-refractivity contribution in [2.75, 3.05) is 16.8 Å². The molecule has 2 heteroatoms. The molecule has 0 saturated carbocycles. The standard InChI is InChI=1S/C17H28N2/c1-12-18(8)15-11-13(16(2,3)4)9-10-14(15)19(12)17(5,6)7/h9-12H,1-8H3/i8D3. The summed E-state index contributed by atoms with van der Waals surface area (Å²) in [6.45, 7) is 12.6. The van der Waals surface area contributed by atoms with Gasteiger partial charge in [-0.15, -0.1) is 0 Å². The summed E-state index contributed by atoms with van der Waals surface area (Å²) < 4.78 is 23.8. The van der Waals surface area contributed by atoms with E-state index in [0.717, 1.165) is 16.9 Å². The predicted molar refractivity (Wildman–Crippen MR) is 85.2 cm³/mol. The Hall–Kier alpha value is -1.18. The summed E-state index contributed by atoms with van der Waals surface area (Å²) in [6.07, 6.45) is -0.197. The number of benzene rings is 1. The zero-order chi connectivity index (χ0) is 17.1. The van der Waals surface area contributed by atoms with Gasteiger partial charge in [0.2, 0.25) is 0 Å². The Bertz CT molecular complexity index is 565. The zero-order valence-electron chi connectivity index (χ0n) is 16.2. The molecule has 0 fully saturated rings. The van der Waals surface area contributed by atoms with Gasteiger partial charge in [0, 0.05) is 16.6 Å². The number of hydrogen-bond acceptors (Lipinski definition) is 2. The molecule has 106 valence electrons. The highest BCUT2D eigenvalue weighted by Crippen LogP contribution is 2.44. The minimum absolute atomic E-state index is 0.00612. The third kappa shape index (κ3) is 2.33. The molecular weight excluding hydrogens is 232 g/mol. The highest BCUT2D eigenvalue weighted by molar-refractivity contribution is 5.79. The van der Waals surface area contributed by atoms with Crippen LogP contribution in [0.3, 0.4) is 0 Å². The van der Waals surface area contributed by atoms with E-state index in [4.69, 9.17) is 4.11 Å². The van der Waals surface area contributed by atoms with Crippen molar-refractivity contribution in [3.8, 4) is 0 Å². The van der Waals surface area contributed by atoms with Gasteiger partial charge in [-0.25, -0.2) is 0 Å². The van der Waals surface area contributed by atoms with Crippen LogP contribution >= 0.6 is 0 Å². The molecule has 2 nitrogen and oxygen atoms in total. The number of anilines is 2. The summed E-state index contributed by atoms with van der Waals surface area (Å²) in [6, 6.07) is 6.24. The van der Waals surface area contributed by atoms with Crippen LogP contribution in [0.25, 0.3) is 0 Å². The molecule has 1 aliphatic heterocycles. The van der Waals surface area contributed by atoms with Gasteiger partial charge >= 0.3 is 0 Å². The van der Waals surface area contributed by atoms with Crippen LogP contribution in [0.1, 0.15) is 58.1 Å². The van der Waals surface area contributed by atoms with Gasteiger partial charge in [-0.1, -0.05) is 26.8 Å². The molecule has 0 aromatic heterocycles. The molecule has 1 unspecified atom stereocenters. The van der Waals surface area contributed by atoms with Crippen molar-refractivity contribution >= 4 is 11.4 Å². The minimum Gasteiger partial charge on any atom is -0.353 e. The van der Waals surface area contributed by atoms with Gasteiger partial charge in [0.05, 0.1) is 17.5 Å². The lowest BCUT2D eigenvalue weighted by Gasteiger charge is -2.39. The summed E-state index contributed by atoms with van der Waals surface area (Å²) in [4.78, 5) is 3.77. The topological polar surface area (TPSA) is 6.48 Å². The van der Waals surface area contributed by atoms with Crippen LogP contribution in [0.5, 0.6) is 0 Å². The lowest BCUT2D eigenvalue weighted by Crippen LogP contribution is -2.49. The Morgan fingerprint density at radius 1 is 1.05 bits per heavy atom. The van der Waals surface area contributed by atoms with E-state index in [9.17, 15) is 0 Å². The maximum atomic E-state index is 7.94. The number of hydrogen-bond donors (Lipinski definition) is 0. The zero-order valence-corrected chi connectivity index (χ0v) is 13.2. The first kappa shape index (κ1) is 10.6. The van der Waals surface area contributed by atoms with E-state index in [1.54, 1.807) is 4.90 Å². The van der Waals surface area contributed by atoms with E-state index >= 15 is 0 Å². The van der Waals surface area contributed by atoms with Crippen molar-refractivity contribution < 1.29 is 4.11 Å². The van der Waals surface area contributed by atoms with Crippen LogP contribution in [0, 0.1) is 0 Å². The van der Waals surface area contributed by atoms with Gasteiger partial charge < -0.3 is 9.80 Å². The third-order valence-corrected chi connectivity index (χ3v) is 3.83. The molecular formula is C17H28N2. The maximum Gasteiger partial charge on any atom is 0.0990 e. The Morgan fingerprint density at radius 3 is 2.16 bits per heavy atom. The van der Waals surface area contributed by atoms with Crippen LogP contribution in [-0.4, -0.2) is 18.7 Å². The third-order valence-electron chi connectivity index (χ3n) is 3.83. The van der Waals surface area contributed by atoms with Gasteiger partial charge in [-0.2, -0.15) is 0 Å². The Kier molecular flexibility index (Phi) is 2.32. The van der Waals surface area contributed by atoms with Gasteiger partial charge in [0.1, 0.15) is 0 Å². The molecule has 1 aliphatic rings. The molecule has 1 aromatic carbocycles. The molecule has 0 aliphatic carbocycles. The number of rotatable bonds is 0. The van der Waals surface area contributed by atoms with Gasteiger partial charge in [0.15, 0.2) is 0 Å². The Balaban J connectivity index is 2.66. The molecule has 19 heavy (non-hydrogen) atoms. The van der Waals surface area contributed by atoms with Gasteiger partial charge in [-0.3, -0.25) is 0 Å². The quantitative estimate of drug-likeness (QED) is 0.685. The number of nitrogens with zero attached hydrogens (tertiary/aromatic N) is 2. The fourth-order valence-electron chi connectivity index (χ4n) is 2.83. The van der Waals surface area contributed by atoms with Gasteiger partial charge in [-0.05, 0) is 50.8 Å². The molecule has 0 N–H and O–H groups in total. The smallest absolute Gasteiger partial charge is 0.0990 e. The van der Waals surface area contributed by atoms with Crippen LogP contribution in [-0.2, 0) is 5.41 Å². The Morgan fingerprint density at radius 2 is 1.68 bits per heavy atom. The minimum atomic E-state index is -2.15. The summed E-state index contributed by atoms with van der Waals surface area (Å²) in [5.41, 5.74) is 2.83.